The van der Waals surface area contributed by atoms with E-state index in [0.717, 1.165) is 65.3 Å². The molecule has 0 heterocycles. The van der Waals surface area contributed by atoms with Crippen molar-refractivity contribution in [1.29, 1.82) is 0 Å². The molecule has 5 aliphatic rings. The van der Waals surface area contributed by atoms with E-state index < -0.39 is 28.5 Å². The van der Waals surface area contributed by atoms with Crippen molar-refractivity contribution in [3.05, 3.63) is 100 Å². The first kappa shape index (κ1) is 34.3. The average Bonchev–Trinajstić information content (AvgIpc) is 3.58. The van der Waals surface area contributed by atoms with Crippen molar-refractivity contribution in [3.8, 4) is 0 Å². The Balaban J connectivity index is 1.19. The number of sulfonamides is 1. The van der Waals surface area contributed by atoms with E-state index in [2.05, 4.69) is 33.4 Å². The molecule has 1 N–H and O–H groups in total. The summed E-state index contributed by atoms with van der Waals surface area (Å²) < 4.78 is 28.9. The second-order valence-corrected chi connectivity index (χ2v) is 18.2. The maximum atomic E-state index is 14.6. The van der Waals surface area contributed by atoms with Crippen molar-refractivity contribution in [2.24, 2.45) is 17.8 Å². The van der Waals surface area contributed by atoms with Crippen LogP contribution in [-0.4, -0.2) is 50.0 Å². The molecule has 0 aromatic heterocycles. The van der Waals surface area contributed by atoms with Gasteiger partial charge in [-0.25, -0.2) is 8.42 Å². The van der Waals surface area contributed by atoms with Crippen LogP contribution in [0.2, 0.25) is 0 Å². The van der Waals surface area contributed by atoms with Crippen LogP contribution < -0.4 is 9.62 Å². The number of hydrogen-bond acceptors (Lipinski definition) is 4. The summed E-state index contributed by atoms with van der Waals surface area (Å²) >= 11 is 3.55. The minimum absolute atomic E-state index is 0.0774. The predicted molar refractivity (Wildman–Crippen MR) is 198 cm³/mol. The lowest BCUT2D eigenvalue weighted by Crippen LogP contribution is -2.54. The minimum Gasteiger partial charge on any atom is -0.352 e. The Morgan fingerprint density at radius 2 is 1.47 bits per heavy atom. The number of benzene rings is 3. The van der Waals surface area contributed by atoms with Crippen LogP contribution >= 0.6 is 15.9 Å². The highest BCUT2D eigenvalue weighted by molar-refractivity contribution is 9.10. The van der Waals surface area contributed by atoms with Crippen LogP contribution in [0.15, 0.2) is 83.3 Å². The summed E-state index contributed by atoms with van der Waals surface area (Å²) in [6.45, 7) is -0.234. The van der Waals surface area contributed by atoms with Gasteiger partial charge in [0.1, 0.15) is 12.6 Å². The number of rotatable bonds is 12. The van der Waals surface area contributed by atoms with Gasteiger partial charge in [0.25, 0.3) is 0 Å². The zero-order chi connectivity index (χ0) is 34.2. The Bertz CT molecular complexity index is 1720. The van der Waals surface area contributed by atoms with Gasteiger partial charge in [0.2, 0.25) is 21.8 Å². The second-order valence-electron chi connectivity index (χ2n) is 15.4. The molecule has 9 heteroatoms. The number of nitrogens with one attached hydrogen (secondary N) is 1. The first-order valence-electron chi connectivity index (χ1n) is 18.0. The molecule has 0 saturated heterocycles. The van der Waals surface area contributed by atoms with Crippen LogP contribution in [0, 0.1) is 17.8 Å². The average molecular weight is 747 g/mol. The number of hydrogen-bond donors (Lipinski definition) is 1. The van der Waals surface area contributed by atoms with E-state index in [1.54, 1.807) is 4.90 Å². The van der Waals surface area contributed by atoms with Gasteiger partial charge in [0, 0.05) is 23.5 Å². The van der Waals surface area contributed by atoms with Gasteiger partial charge < -0.3 is 10.2 Å². The fraction of sp³-hybridized carbons (Fsp3) is 0.500. The highest BCUT2D eigenvalue weighted by Gasteiger charge is 2.51. The third-order valence-corrected chi connectivity index (χ3v) is 13.3. The smallest absolute Gasteiger partial charge is 0.244 e. The molecule has 7 nitrogen and oxygen atoms in total. The van der Waals surface area contributed by atoms with Crippen molar-refractivity contribution >= 4 is 43.5 Å². The third-order valence-electron chi connectivity index (χ3n) is 11.7. The lowest BCUT2D eigenvalue weighted by Gasteiger charge is -2.57. The molecule has 0 aliphatic heterocycles. The van der Waals surface area contributed by atoms with Crippen molar-refractivity contribution < 1.29 is 18.0 Å². The van der Waals surface area contributed by atoms with Crippen molar-refractivity contribution in [1.82, 2.24) is 10.2 Å². The number of carbonyl (C=O) groups excluding carboxylic acids is 2. The molecule has 3 aromatic carbocycles. The van der Waals surface area contributed by atoms with Crippen molar-refractivity contribution in [2.45, 2.75) is 94.7 Å². The Kier molecular flexibility index (Phi) is 9.95. The molecule has 5 aliphatic carbocycles. The first-order valence-corrected chi connectivity index (χ1v) is 20.7. The van der Waals surface area contributed by atoms with E-state index in [0.29, 0.717) is 12.1 Å². The van der Waals surface area contributed by atoms with E-state index in [9.17, 15) is 18.0 Å². The fourth-order valence-electron chi connectivity index (χ4n) is 9.81. The number of carbonyl (C=O) groups is 2. The second kappa shape index (κ2) is 14.2. The molecule has 49 heavy (non-hydrogen) atoms. The molecule has 2 amide bonds. The van der Waals surface area contributed by atoms with Crippen molar-refractivity contribution in [2.75, 3.05) is 17.1 Å². The predicted octanol–water partition coefficient (Wildman–Crippen LogP) is 7.38. The molecule has 1 atom stereocenters. The topological polar surface area (TPSA) is 86.8 Å². The molecule has 3 aromatic rings. The van der Waals surface area contributed by atoms with E-state index in [1.165, 1.54) is 48.4 Å². The van der Waals surface area contributed by atoms with E-state index in [-0.39, 0.29) is 23.9 Å². The zero-order valence-corrected chi connectivity index (χ0v) is 30.8. The maximum absolute atomic E-state index is 14.6. The van der Waals surface area contributed by atoms with Gasteiger partial charge in [-0.2, -0.15) is 0 Å². The van der Waals surface area contributed by atoms with Gasteiger partial charge in [-0.1, -0.05) is 83.4 Å². The third kappa shape index (κ3) is 7.78. The normalized spacial score (nSPS) is 25.2. The van der Waals surface area contributed by atoms with Crippen molar-refractivity contribution in [3.63, 3.8) is 0 Å². The molecular weight excluding hydrogens is 698 g/mol. The SMILES string of the molecule is CS(=O)(=O)N(CC(=O)N(Cc1cccc(Br)c1)[C@@H](Cc1ccccc1)C(=O)NC1CCCC1)c1ccc(C23CC4CC(CC(C4)C2)C3)cc1. The zero-order valence-electron chi connectivity index (χ0n) is 28.4. The van der Waals surface area contributed by atoms with Gasteiger partial charge in [-0.3, -0.25) is 13.9 Å². The molecule has 0 spiro atoms. The van der Waals surface area contributed by atoms with E-state index >= 15 is 0 Å². The molecule has 4 bridgehead atoms. The van der Waals surface area contributed by atoms with E-state index in [1.807, 2.05) is 66.7 Å². The highest BCUT2D eigenvalue weighted by Crippen LogP contribution is 2.60. The van der Waals surface area contributed by atoms with Crippen LogP contribution in [0.5, 0.6) is 0 Å². The highest BCUT2D eigenvalue weighted by atomic mass is 79.9. The quantitative estimate of drug-likeness (QED) is 0.210. The Hall–Kier alpha value is -3.17. The summed E-state index contributed by atoms with van der Waals surface area (Å²) in [7, 11) is -3.83. The largest absolute Gasteiger partial charge is 0.352 e. The molecule has 5 fully saturated rings. The standard InChI is InChI=1S/C40H48BrN3O4S/c1-49(47,48)44(36-16-14-33(15-17-36)40-23-30-18-31(24-40)20-32(19-30)25-40)27-38(45)43(26-29-10-7-11-34(41)21-29)37(22-28-8-3-2-4-9-28)39(46)42-35-12-5-6-13-35/h2-4,7-11,14-17,21,30-32,35,37H,5-6,12-13,18-20,22-27H2,1H3,(H,42,46)/t30?,31?,32?,37-,40?/m0/s1. The molecule has 0 unspecified atom stereocenters. The number of amides is 2. The summed E-state index contributed by atoms with van der Waals surface area (Å²) in [6, 6.07) is 24.6. The Morgan fingerprint density at radius 1 is 0.857 bits per heavy atom. The molecule has 0 radical (unpaired) electrons. The fourth-order valence-corrected chi connectivity index (χ4v) is 11.1. The molecule has 260 valence electrons. The van der Waals surface area contributed by atoms with Crippen LogP contribution in [-0.2, 0) is 38.0 Å². The summed E-state index contributed by atoms with van der Waals surface area (Å²) in [5, 5.41) is 3.23. The molecule has 8 rings (SSSR count). The van der Waals surface area contributed by atoms with Crippen LogP contribution in [0.1, 0.15) is 80.9 Å². The summed E-state index contributed by atoms with van der Waals surface area (Å²) in [4.78, 5) is 30.3. The molecular formula is C40H48BrN3O4S. The number of nitrogens with zero attached hydrogens (tertiary/aromatic N) is 2. The van der Waals surface area contributed by atoms with Gasteiger partial charge in [-0.15, -0.1) is 0 Å². The van der Waals surface area contributed by atoms with Crippen LogP contribution in [0.4, 0.5) is 5.69 Å². The first-order chi connectivity index (χ1) is 23.5. The maximum Gasteiger partial charge on any atom is 0.244 e. The summed E-state index contributed by atoms with van der Waals surface area (Å²) in [5.41, 5.74) is 3.75. The molecule has 5 saturated carbocycles. The summed E-state index contributed by atoms with van der Waals surface area (Å²) in [6.07, 6.45) is 13.2. The van der Waals surface area contributed by atoms with Crippen LogP contribution in [0.25, 0.3) is 0 Å². The van der Waals surface area contributed by atoms with Gasteiger partial charge in [0.15, 0.2) is 0 Å². The lowest BCUT2D eigenvalue weighted by molar-refractivity contribution is -0.140. The number of anilines is 1. The van der Waals surface area contributed by atoms with Gasteiger partial charge in [-0.05, 0) is 115 Å². The Morgan fingerprint density at radius 3 is 2.06 bits per heavy atom. The Labute approximate surface area is 300 Å². The van der Waals surface area contributed by atoms with Gasteiger partial charge >= 0.3 is 0 Å². The van der Waals surface area contributed by atoms with E-state index in [4.69, 9.17) is 0 Å². The monoisotopic (exact) mass is 745 g/mol. The number of halogens is 1. The lowest BCUT2D eigenvalue weighted by atomic mass is 9.48. The summed E-state index contributed by atoms with van der Waals surface area (Å²) in [5.74, 6) is 1.80. The van der Waals surface area contributed by atoms with Gasteiger partial charge in [0.05, 0.1) is 11.9 Å². The minimum atomic E-state index is -3.83. The van der Waals surface area contributed by atoms with Crippen LogP contribution in [0.3, 0.4) is 0 Å².